The van der Waals surface area contributed by atoms with Crippen molar-refractivity contribution < 1.29 is 48.6 Å². The highest BCUT2D eigenvalue weighted by atomic mass is 16.3. The van der Waals surface area contributed by atoms with E-state index in [9.17, 15) is 48.6 Å². The lowest BCUT2D eigenvalue weighted by atomic mass is 10.0. The molecule has 0 radical (unpaired) electrons. The number of hydrogen-bond donors (Lipinski definition) is 10. The van der Waals surface area contributed by atoms with Crippen LogP contribution in [0.4, 0.5) is 0 Å². The molecule has 0 aliphatic carbocycles. The third kappa shape index (κ3) is 13.2. The molecular formula is C38H44N8O10. The molecule has 296 valence electrons. The molecule has 3 aromatic carbocycles. The van der Waals surface area contributed by atoms with Crippen molar-refractivity contribution in [1.82, 2.24) is 31.9 Å². The van der Waals surface area contributed by atoms with Crippen LogP contribution in [0.3, 0.4) is 0 Å². The van der Waals surface area contributed by atoms with E-state index in [0.717, 1.165) is 0 Å². The SMILES string of the molecule is NC(=O)CC[C@@H]1NC(=O)[C@H](Cc2ccccc2)NC(=O)[C@H](Cc2ccc(O)cc2)NC(=O)[C@H](Cc2ccc(O)cc2)NC(=O)CNC(=O)[C@H](CC(N)=O)NC1=O. The van der Waals surface area contributed by atoms with E-state index in [0.29, 0.717) is 16.7 Å². The molecule has 8 amide bonds. The summed E-state index contributed by atoms with van der Waals surface area (Å²) in [6.07, 6.45) is -1.81. The van der Waals surface area contributed by atoms with E-state index in [4.69, 9.17) is 11.5 Å². The Morgan fingerprint density at radius 3 is 1.39 bits per heavy atom. The fourth-order valence-corrected chi connectivity index (χ4v) is 5.80. The van der Waals surface area contributed by atoms with Gasteiger partial charge in [0.15, 0.2) is 0 Å². The van der Waals surface area contributed by atoms with Gasteiger partial charge in [-0.2, -0.15) is 0 Å². The molecule has 5 atom stereocenters. The highest BCUT2D eigenvalue weighted by molar-refractivity contribution is 5.98. The molecule has 4 rings (SSSR count). The highest BCUT2D eigenvalue weighted by Gasteiger charge is 2.34. The van der Waals surface area contributed by atoms with E-state index in [1.54, 1.807) is 30.3 Å². The van der Waals surface area contributed by atoms with Crippen LogP contribution in [0.25, 0.3) is 0 Å². The van der Waals surface area contributed by atoms with E-state index >= 15 is 0 Å². The van der Waals surface area contributed by atoms with Crippen molar-refractivity contribution in [2.75, 3.05) is 6.54 Å². The molecule has 0 aromatic heterocycles. The molecule has 1 saturated heterocycles. The number of nitrogens with one attached hydrogen (secondary N) is 6. The summed E-state index contributed by atoms with van der Waals surface area (Å²) in [5, 5.41) is 34.6. The fourth-order valence-electron chi connectivity index (χ4n) is 5.80. The number of hydrogen-bond acceptors (Lipinski definition) is 10. The molecule has 0 saturated carbocycles. The Labute approximate surface area is 321 Å². The average molecular weight is 773 g/mol. The minimum Gasteiger partial charge on any atom is -0.508 e. The summed E-state index contributed by atoms with van der Waals surface area (Å²) in [5.74, 6) is -7.30. The van der Waals surface area contributed by atoms with Crippen LogP contribution in [0.15, 0.2) is 78.9 Å². The van der Waals surface area contributed by atoms with Gasteiger partial charge in [0.25, 0.3) is 0 Å². The summed E-state index contributed by atoms with van der Waals surface area (Å²) < 4.78 is 0. The lowest BCUT2D eigenvalue weighted by Gasteiger charge is -2.28. The Balaban J connectivity index is 1.77. The van der Waals surface area contributed by atoms with Crippen molar-refractivity contribution in [1.29, 1.82) is 0 Å². The Morgan fingerprint density at radius 2 is 0.929 bits per heavy atom. The number of phenolic OH excluding ortho intramolecular Hbond substituents is 2. The van der Waals surface area contributed by atoms with Crippen molar-refractivity contribution in [2.45, 2.75) is 68.7 Å². The first-order valence-electron chi connectivity index (χ1n) is 17.6. The van der Waals surface area contributed by atoms with Gasteiger partial charge < -0.3 is 53.6 Å². The topological polar surface area (TPSA) is 301 Å². The third-order valence-electron chi connectivity index (χ3n) is 8.73. The van der Waals surface area contributed by atoms with Gasteiger partial charge in [-0.1, -0.05) is 54.6 Å². The molecule has 12 N–H and O–H groups in total. The van der Waals surface area contributed by atoms with E-state index < -0.39 is 90.4 Å². The number of amides is 8. The van der Waals surface area contributed by atoms with Crippen LogP contribution in [-0.4, -0.2) is 94.2 Å². The Bertz CT molecular complexity index is 1910. The zero-order chi connectivity index (χ0) is 40.8. The van der Waals surface area contributed by atoms with Crippen LogP contribution >= 0.6 is 0 Å². The highest BCUT2D eigenvalue weighted by Crippen LogP contribution is 2.15. The van der Waals surface area contributed by atoms with Crippen molar-refractivity contribution in [2.24, 2.45) is 11.5 Å². The molecule has 1 aliphatic heterocycles. The Morgan fingerprint density at radius 1 is 0.518 bits per heavy atom. The van der Waals surface area contributed by atoms with Crippen LogP contribution in [0.1, 0.15) is 36.0 Å². The molecular weight excluding hydrogens is 728 g/mol. The first kappa shape index (κ1) is 41.8. The van der Waals surface area contributed by atoms with Crippen molar-refractivity contribution in [3.05, 3.63) is 95.6 Å². The number of carbonyl (C=O) groups excluding carboxylic acids is 8. The number of primary amides is 2. The molecule has 0 bridgehead atoms. The van der Waals surface area contributed by atoms with E-state index in [2.05, 4.69) is 31.9 Å². The number of benzene rings is 3. The number of rotatable bonds is 11. The van der Waals surface area contributed by atoms with E-state index in [1.165, 1.54) is 48.5 Å². The Kier molecular flexibility index (Phi) is 14.9. The smallest absolute Gasteiger partial charge is 0.243 e. The molecule has 0 unspecified atom stereocenters. The minimum atomic E-state index is -1.63. The van der Waals surface area contributed by atoms with Crippen LogP contribution in [0.5, 0.6) is 11.5 Å². The number of aromatic hydroxyl groups is 2. The second-order valence-corrected chi connectivity index (χ2v) is 13.2. The van der Waals surface area contributed by atoms with Gasteiger partial charge in [-0.05, 0) is 47.4 Å². The number of carbonyl (C=O) groups is 8. The average Bonchev–Trinajstić information content (AvgIpc) is 3.15. The van der Waals surface area contributed by atoms with Gasteiger partial charge >= 0.3 is 0 Å². The predicted molar refractivity (Wildman–Crippen MR) is 199 cm³/mol. The maximum Gasteiger partial charge on any atom is 0.243 e. The van der Waals surface area contributed by atoms with Crippen LogP contribution in [0, 0.1) is 0 Å². The second-order valence-electron chi connectivity index (χ2n) is 13.2. The zero-order valence-corrected chi connectivity index (χ0v) is 30.2. The lowest BCUT2D eigenvalue weighted by Crippen LogP contribution is -2.61. The zero-order valence-electron chi connectivity index (χ0n) is 30.2. The summed E-state index contributed by atoms with van der Waals surface area (Å²) in [5.41, 5.74) is 12.3. The predicted octanol–water partition coefficient (Wildman–Crippen LogP) is -2.18. The molecule has 0 spiro atoms. The summed E-state index contributed by atoms with van der Waals surface area (Å²) >= 11 is 0. The van der Waals surface area contributed by atoms with E-state index in [1.807, 2.05) is 0 Å². The molecule has 18 nitrogen and oxygen atoms in total. The monoisotopic (exact) mass is 772 g/mol. The maximum absolute atomic E-state index is 14.2. The van der Waals surface area contributed by atoms with Gasteiger partial charge in [-0.25, -0.2) is 0 Å². The maximum atomic E-state index is 14.2. The summed E-state index contributed by atoms with van der Waals surface area (Å²) in [7, 11) is 0. The van der Waals surface area contributed by atoms with Crippen LogP contribution < -0.4 is 43.4 Å². The summed E-state index contributed by atoms with van der Waals surface area (Å²) in [6.45, 7) is -0.732. The summed E-state index contributed by atoms with van der Waals surface area (Å²) in [4.78, 5) is 106. The van der Waals surface area contributed by atoms with Crippen LogP contribution in [-0.2, 0) is 57.6 Å². The Hall–Kier alpha value is -6.98. The lowest BCUT2D eigenvalue weighted by molar-refractivity contribution is -0.136. The first-order valence-corrected chi connectivity index (χ1v) is 17.6. The van der Waals surface area contributed by atoms with E-state index in [-0.39, 0.29) is 43.6 Å². The number of phenols is 2. The standard InChI is InChI=1S/C38H44N8O10/c39-31(49)15-14-26-35(53)46-30(19-32(40)50)34(52)41-20-33(51)42-27(17-22-6-10-24(47)11-7-22)36(54)44-29(18-23-8-12-25(48)13-9-23)38(56)45-28(37(55)43-26)16-21-4-2-1-3-5-21/h1-13,26-30,47-48H,14-20H2,(H2,39,49)(H2,40,50)(H,41,52)(H,42,51)(H,43,55)(H,44,54)(H,45,56)(H,46,53)/t26-,27-,28-,29-,30-/m0/s1. The second kappa shape index (κ2) is 19.9. The van der Waals surface area contributed by atoms with Gasteiger partial charge in [0.1, 0.15) is 41.7 Å². The molecule has 18 heteroatoms. The quantitative estimate of drug-likeness (QED) is 0.101. The third-order valence-corrected chi connectivity index (χ3v) is 8.73. The van der Waals surface area contributed by atoms with Gasteiger partial charge in [0, 0.05) is 25.7 Å². The normalized spacial score (nSPS) is 21.5. The summed E-state index contributed by atoms with van der Waals surface area (Å²) in [6, 6.07) is 12.9. The van der Waals surface area contributed by atoms with Crippen molar-refractivity contribution in [3.63, 3.8) is 0 Å². The molecule has 56 heavy (non-hydrogen) atoms. The van der Waals surface area contributed by atoms with Gasteiger partial charge in [0.05, 0.1) is 13.0 Å². The van der Waals surface area contributed by atoms with Crippen molar-refractivity contribution >= 4 is 47.3 Å². The van der Waals surface area contributed by atoms with Crippen LogP contribution in [0.2, 0.25) is 0 Å². The number of nitrogens with two attached hydrogens (primary N) is 2. The first-order chi connectivity index (χ1) is 26.7. The van der Waals surface area contributed by atoms with Gasteiger partial charge in [-0.15, -0.1) is 0 Å². The largest absolute Gasteiger partial charge is 0.508 e. The molecule has 1 fully saturated rings. The molecule has 1 heterocycles. The molecule has 3 aromatic rings. The van der Waals surface area contributed by atoms with Gasteiger partial charge in [0.2, 0.25) is 47.3 Å². The molecule has 1 aliphatic rings. The minimum absolute atomic E-state index is 0.0498. The van der Waals surface area contributed by atoms with Crippen molar-refractivity contribution in [3.8, 4) is 11.5 Å². The van der Waals surface area contributed by atoms with Gasteiger partial charge in [-0.3, -0.25) is 38.4 Å². The fraction of sp³-hybridized carbons (Fsp3) is 0.316.